The van der Waals surface area contributed by atoms with E-state index in [1.807, 2.05) is 24.3 Å². The predicted octanol–water partition coefficient (Wildman–Crippen LogP) is 3.93. The highest BCUT2D eigenvalue weighted by atomic mass is 16.5. The van der Waals surface area contributed by atoms with E-state index in [0.29, 0.717) is 11.8 Å². The second-order valence-corrected chi connectivity index (χ2v) is 6.30. The predicted molar refractivity (Wildman–Crippen MR) is 84.3 cm³/mol. The number of pyridine rings is 1. The maximum absolute atomic E-state index is 9.43. The molecule has 0 aliphatic heterocycles. The third-order valence-corrected chi connectivity index (χ3v) is 4.84. The lowest BCUT2D eigenvalue weighted by Gasteiger charge is -2.32. The summed E-state index contributed by atoms with van der Waals surface area (Å²) in [6, 6.07) is 8.01. The molecule has 0 bridgehead atoms. The lowest BCUT2D eigenvalue weighted by Crippen LogP contribution is -2.29. The molecule has 21 heavy (non-hydrogen) atoms. The Labute approximate surface area is 126 Å². The second kappa shape index (κ2) is 6.02. The fourth-order valence-electron chi connectivity index (χ4n) is 3.21. The highest BCUT2D eigenvalue weighted by molar-refractivity contribution is 5.89. The van der Waals surface area contributed by atoms with E-state index >= 15 is 0 Å². The highest BCUT2D eigenvalue weighted by Gasteiger charge is 2.26. The van der Waals surface area contributed by atoms with Crippen LogP contribution in [0.3, 0.4) is 0 Å². The zero-order valence-electron chi connectivity index (χ0n) is 12.7. The molecule has 3 rings (SSSR count). The topological polar surface area (TPSA) is 42.4 Å². The van der Waals surface area contributed by atoms with Crippen molar-refractivity contribution in [2.45, 2.75) is 45.8 Å². The van der Waals surface area contributed by atoms with Crippen LogP contribution in [0.25, 0.3) is 10.8 Å². The molecule has 1 aliphatic carbocycles. The smallest absolute Gasteiger partial charge is 0.221 e. The molecule has 1 heterocycles. The molecule has 3 atom stereocenters. The molecule has 1 fully saturated rings. The van der Waals surface area contributed by atoms with Crippen molar-refractivity contribution >= 4 is 10.8 Å². The molecule has 0 saturated heterocycles. The quantitative estimate of drug-likeness (QED) is 0.929. The average molecular weight is 285 g/mol. The second-order valence-electron chi connectivity index (χ2n) is 6.30. The Morgan fingerprint density at radius 1 is 1.14 bits per heavy atom. The number of aliphatic hydroxyl groups excluding tert-OH is 1. The minimum atomic E-state index is 0.00572. The molecule has 1 saturated carbocycles. The zero-order chi connectivity index (χ0) is 14.8. The molecular weight excluding hydrogens is 262 g/mol. The van der Waals surface area contributed by atoms with E-state index < -0.39 is 0 Å². The number of aliphatic hydroxyl groups is 1. The van der Waals surface area contributed by atoms with Crippen LogP contribution in [0.4, 0.5) is 0 Å². The van der Waals surface area contributed by atoms with Crippen molar-refractivity contribution in [1.82, 2.24) is 4.98 Å². The van der Waals surface area contributed by atoms with Crippen LogP contribution in [-0.4, -0.2) is 16.2 Å². The van der Waals surface area contributed by atoms with Crippen molar-refractivity contribution in [3.05, 3.63) is 36.0 Å². The van der Waals surface area contributed by atoms with E-state index in [1.54, 1.807) is 6.20 Å². The van der Waals surface area contributed by atoms with Crippen LogP contribution in [0.1, 0.15) is 38.7 Å². The van der Waals surface area contributed by atoms with Crippen LogP contribution in [0.5, 0.6) is 5.88 Å². The van der Waals surface area contributed by atoms with Crippen molar-refractivity contribution in [3.8, 4) is 5.88 Å². The van der Waals surface area contributed by atoms with E-state index in [9.17, 15) is 5.11 Å². The van der Waals surface area contributed by atoms with Gasteiger partial charge in [0.25, 0.3) is 0 Å². The van der Waals surface area contributed by atoms with Gasteiger partial charge in [-0.1, -0.05) is 32.0 Å². The van der Waals surface area contributed by atoms with Gasteiger partial charge >= 0.3 is 0 Å². The first-order valence-electron chi connectivity index (χ1n) is 7.83. The van der Waals surface area contributed by atoms with Gasteiger partial charge in [0.2, 0.25) is 5.88 Å². The van der Waals surface area contributed by atoms with Gasteiger partial charge in [0.05, 0.1) is 6.61 Å². The zero-order valence-corrected chi connectivity index (χ0v) is 12.7. The molecule has 1 aromatic heterocycles. The molecule has 2 aromatic rings. The number of benzene rings is 1. The van der Waals surface area contributed by atoms with Crippen molar-refractivity contribution in [1.29, 1.82) is 0 Å². The number of aromatic nitrogens is 1. The SMILES string of the molecule is CC1CCC(Oc2ncc(CO)c3ccccc23)CC1C. The first kappa shape index (κ1) is 14.3. The van der Waals surface area contributed by atoms with Gasteiger partial charge in [-0.05, 0) is 42.6 Å². The van der Waals surface area contributed by atoms with Crippen molar-refractivity contribution in [2.75, 3.05) is 0 Å². The van der Waals surface area contributed by atoms with E-state index in [1.165, 1.54) is 6.42 Å². The maximum Gasteiger partial charge on any atom is 0.221 e. The Balaban J connectivity index is 1.88. The normalized spacial score (nSPS) is 26.0. The molecule has 0 amide bonds. The molecule has 1 N–H and O–H groups in total. The van der Waals surface area contributed by atoms with E-state index in [2.05, 4.69) is 18.8 Å². The van der Waals surface area contributed by atoms with Gasteiger partial charge in [-0.2, -0.15) is 0 Å². The number of nitrogens with zero attached hydrogens (tertiary/aromatic N) is 1. The van der Waals surface area contributed by atoms with Gasteiger partial charge in [-0.3, -0.25) is 0 Å². The molecular formula is C18H23NO2. The summed E-state index contributed by atoms with van der Waals surface area (Å²) in [6.07, 6.45) is 5.40. The number of hydrogen-bond donors (Lipinski definition) is 1. The molecule has 3 nitrogen and oxygen atoms in total. The fourth-order valence-corrected chi connectivity index (χ4v) is 3.21. The summed E-state index contributed by atoms with van der Waals surface area (Å²) in [5.74, 6) is 2.19. The lowest BCUT2D eigenvalue weighted by molar-refractivity contribution is 0.0979. The van der Waals surface area contributed by atoms with Crippen molar-refractivity contribution in [2.24, 2.45) is 11.8 Å². The highest BCUT2D eigenvalue weighted by Crippen LogP contribution is 2.33. The van der Waals surface area contributed by atoms with Gasteiger partial charge in [0.1, 0.15) is 6.10 Å². The Morgan fingerprint density at radius 3 is 2.62 bits per heavy atom. The number of rotatable bonds is 3. The van der Waals surface area contributed by atoms with Crippen LogP contribution in [0, 0.1) is 11.8 Å². The molecule has 0 spiro atoms. The van der Waals surface area contributed by atoms with E-state index in [4.69, 9.17) is 4.74 Å². The molecule has 3 unspecified atom stereocenters. The number of fused-ring (bicyclic) bond motifs is 1. The van der Waals surface area contributed by atoms with Crippen molar-refractivity contribution in [3.63, 3.8) is 0 Å². The monoisotopic (exact) mass is 285 g/mol. The first-order valence-corrected chi connectivity index (χ1v) is 7.83. The summed E-state index contributed by atoms with van der Waals surface area (Å²) in [6.45, 7) is 4.64. The van der Waals surface area contributed by atoms with Crippen LogP contribution in [0.2, 0.25) is 0 Å². The Kier molecular flexibility index (Phi) is 4.11. The molecule has 112 valence electrons. The fraction of sp³-hybridized carbons (Fsp3) is 0.500. The standard InChI is InChI=1S/C18H23NO2/c1-12-7-8-15(9-13(12)2)21-18-17-6-4-3-5-16(17)14(11-20)10-19-18/h3-6,10,12-13,15,20H,7-9,11H2,1-2H3. The van der Waals surface area contributed by atoms with E-state index in [0.717, 1.165) is 35.1 Å². The summed E-state index contributed by atoms with van der Waals surface area (Å²) < 4.78 is 6.19. The summed E-state index contributed by atoms with van der Waals surface area (Å²) in [7, 11) is 0. The van der Waals surface area contributed by atoms with Crippen molar-refractivity contribution < 1.29 is 9.84 Å². The Morgan fingerprint density at radius 2 is 1.90 bits per heavy atom. The van der Waals surface area contributed by atoms with E-state index in [-0.39, 0.29) is 12.7 Å². The summed E-state index contributed by atoms with van der Waals surface area (Å²) in [5, 5.41) is 11.5. The average Bonchev–Trinajstić information content (AvgIpc) is 2.51. The molecule has 3 heteroatoms. The van der Waals surface area contributed by atoms with Crippen LogP contribution in [0.15, 0.2) is 30.5 Å². The molecule has 1 aromatic carbocycles. The molecule has 0 radical (unpaired) electrons. The lowest BCUT2D eigenvalue weighted by atomic mass is 9.80. The Bertz CT molecular complexity index is 626. The van der Waals surface area contributed by atoms with Crippen LogP contribution in [-0.2, 0) is 6.61 Å². The summed E-state index contributed by atoms with van der Waals surface area (Å²) >= 11 is 0. The van der Waals surface area contributed by atoms with Crippen LogP contribution < -0.4 is 4.74 Å². The third kappa shape index (κ3) is 2.88. The van der Waals surface area contributed by atoms with Gasteiger partial charge < -0.3 is 9.84 Å². The largest absolute Gasteiger partial charge is 0.474 e. The number of hydrogen-bond acceptors (Lipinski definition) is 3. The Hall–Kier alpha value is -1.61. The maximum atomic E-state index is 9.43. The summed E-state index contributed by atoms with van der Waals surface area (Å²) in [5.41, 5.74) is 0.851. The minimum Gasteiger partial charge on any atom is -0.474 e. The van der Waals surface area contributed by atoms with Gasteiger partial charge in [0, 0.05) is 17.1 Å². The third-order valence-electron chi connectivity index (χ3n) is 4.84. The van der Waals surface area contributed by atoms with Gasteiger partial charge in [-0.15, -0.1) is 0 Å². The first-order chi connectivity index (χ1) is 10.2. The van der Waals surface area contributed by atoms with Gasteiger partial charge in [0.15, 0.2) is 0 Å². The minimum absolute atomic E-state index is 0.00572. The van der Waals surface area contributed by atoms with Crippen LogP contribution >= 0.6 is 0 Å². The summed E-state index contributed by atoms with van der Waals surface area (Å²) in [4.78, 5) is 4.43. The number of ether oxygens (including phenoxy) is 1. The van der Waals surface area contributed by atoms with Gasteiger partial charge in [-0.25, -0.2) is 4.98 Å². The molecule has 1 aliphatic rings.